The number of rotatable bonds is 6. The highest BCUT2D eigenvalue weighted by atomic mass is 19.1. The number of nitrogens with one attached hydrogen (secondary N) is 2. The first-order valence-electron chi connectivity index (χ1n) is 10.5. The van der Waals surface area contributed by atoms with E-state index in [-0.39, 0.29) is 29.1 Å². The molecule has 4 rings (SSSR count). The average molecular weight is 480 g/mol. The van der Waals surface area contributed by atoms with Gasteiger partial charge in [-0.05, 0) is 42.8 Å². The van der Waals surface area contributed by atoms with E-state index in [0.717, 1.165) is 0 Å². The number of hydrogen-bond donors (Lipinski definition) is 2. The molecule has 0 spiro atoms. The van der Waals surface area contributed by atoms with E-state index >= 15 is 0 Å². The van der Waals surface area contributed by atoms with E-state index in [1.165, 1.54) is 49.2 Å². The summed E-state index contributed by atoms with van der Waals surface area (Å²) in [6, 6.07) is 8.84. The van der Waals surface area contributed by atoms with Crippen molar-refractivity contribution in [2.24, 2.45) is 0 Å². The Kier molecular flexibility index (Phi) is 6.32. The highest BCUT2D eigenvalue weighted by Gasteiger charge is 2.36. The number of hydrogen-bond acceptors (Lipinski definition) is 7. The van der Waals surface area contributed by atoms with Crippen LogP contribution in [0, 0.1) is 12.7 Å². The third kappa shape index (κ3) is 4.60. The predicted octanol–water partition coefficient (Wildman–Crippen LogP) is 3.09. The number of benzene rings is 2. The Morgan fingerprint density at radius 2 is 1.66 bits per heavy atom. The number of anilines is 2. The van der Waals surface area contributed by atoms with Crippen molar-refractivity contribution < 1.29 is 33.0 Å². The molecule has 1 atom stereocenters. The molecule has 1 aromatic heterocycles. The van der Waals surface area contributed by atoms with Crippen molar-refractivity contribution in [2.75, 3.05) is 24.9 Å². The minimum Gasteiger partial charge on any atom is -0.465 e. The quantitative estimate of drug-likeness (QED) is 0.519. The number of aromatic nitrogens is 2. The third-order valence-corrected chi connectivity index (χ3v) is 5.50. The molecule has 10 nitrogen and oxygen atoms in total. The number of nitrogens with zero attached hydrogens (tertiary/aromatic N) is 2. The smallest absolute Gasteiger partial charge is 0.337 e. The number of aryl methyl sites for hydroxylation is 1. The first kappa shape index (κ1) is 23.6. The van der Waals surface area contributed by atoms with Crippen LogP contribution in [0.2, 0.25) is 0 Å². The fourth-order valence-corrected chi connectivity index (χ4v) is 3.90. The zero-order valence-electron chi connectivity index (χ0n) is 19.0. The van der Waals surface area contributed by atoms with E-state index < -0.39 is 29.8 Å². The van der Waals surface area contributed by atoms with Crippen molar-refractivity contribution in [3.8, 4) is 11.1 Å². The normalized spacial score (nSPS) is 14.2. The van der Waals surface area contributed by atoms with E-state index in [9.17, 15) is 23.6 Å². The molecule has 11 heteroatoms. The Hall–Kier alpha value is -4.54. The zero-order valence-corrected chi connectivity index (χ0v) is 19.0. The van der Waals surface area contributed by atoms with Gasteiger partial charge >= 0.3 is 11.9 Å². The Morgan fingerprint density at radius 3 is 2.23 bits per heavy atom. The second-order valence-electron chi connectivity index (χ2n) is 7.80. The topological polar surface area (TPSA) is 129 Å². The summed E-state index contributed by atoms with van der Waals surface area (Å²) >= 11 is 0. The van der Waals surface area contributed by atoms with Gasteiger partial charge in [-0.2, -0.15) is 5.10 Å². The maximum absolute atomic E-state index is 13.3. The van der Waals surface area contributed by atoms with Crippen molar-refractivity contribution in [1.82, 2.24) is 9.78 Å². The van der Waals surface area contributed by atoms with Crippen molar-refractivity contribution >= 4 is 35.3 Å². The first-order valence-corrected chi connectivity index (χ1v) is 10.5. The molecule has 1 unspecified atom stereocenters. The molecule has 0 aliphatic carbocycles. The molecule has 2 N–H and O–H groups in total. The highest BCUT2D eigenvalue weighted by molar-refractivity contribution is 6.05. The fraction of sp³-hybridized carbons (Fsp3) is 0.208. The van der Waals surface area contributed by atoms with Gasteiger partial charge in [0.1, 0.15) is 17.7 Å². The number of amides is 2. The lowest BCUT2D eigenvalue weighted by Crippen LogP contribution is -2.24. The van der Waals surface area contributed by atoms with Crippen LogP contribution >= 0.6 is 0 Å². The number of esters is 2. The van der Waals surface area contributed by atoms with Crippen LogP contribution in [-0.2, 0) is 19.1 Å². The molecular formula is C24H21FN4O6. The predicted molar refractivity (Wildman–Crippen MR) is 122 cm³/mol. The van der Waals surface area contributed by atoms with Gasteiger partial charge in [-0.3, -0.25) is 9.59 Å². The average Bonchev–Trinajstić information content (AvgIpc) is 3.31. The molecule has 0 saturated carbocycles. The summed E-state index contributed by atoms with van der Waals surface area (Å²) in [5.74, 6) is -2.35. The van der Waals surface area contributed by atoms with Crippen molar-refractivity contribution in [3.63, 3.8) is 0 Å². The molecule has 0 bridgehead atoms. The monoisotopic (exact) mass is 480 g/mol. The van der Waals surface area contributed by atoms with Gasteiger partial charge in [0.15, 0.2) is 0 Å². The Bertz CT molecular complexity index is 1310. The molecule has 180 valence electrons. The summed E-state index contributed by atoms with van der Waals surface area (Å²) in [6.45, 7) is 1.75. The Morgan fingerprint density at radius 1 is 1.06 bits per heavy atom. The standard InChI is InChI=1S/C24H21FN4O6/c1-12-20(13-4-6-16(25)7-5-13)21-27-22(31)18(29(21)28-12)11-19(30)26-17-9-14(23(32)34-2)8-15(10-17)24(33)35-3/h4-10,18H,11H2,1-3H3,(H,26,30)(H,27,31). The number of methoxy groups -OCH3 is 2. The van der Waals surface area contributed by atoms with Crippen molar-refractivity contribution in [1.29, 1.82) is 0 Å². The molecule has 3 aromatic rings. The molecule has 2 amide bonds. The summed E-state index contributed by atoms with van der Waals surface area (Å²) in [5, 5.41) is 9.76. The molecule has 2 heterocycles. The molecule has 1 aliphatic heterocycles. The molecule has 2 aromatic carbocycles. The van der Waals surface area contributed by atoms with E-state index in [1.54, 1.807) is 19.1 Å². The SMILES string of the molecule is COC(=O)c1cc(NC(=O)CC2C(=O)Nc3c(-c4ccc(F)cc4)c(C)nn32)cc(C(=O)OC)c1. The zero-order chi connectivity index (χ0) is 25.3. The van der Waals surface area contributed by atoms with Crippen molar-refractivity contribution in [2.45, 2.75) is 19.4 Å². The van der Waals surface area contributed by atoms with Crippen LogP contribution in [0.15, 0.2) is 42.5 Å². The summed E-state index contributed by atoms with van der Waals surface area (Å²) in [7, 11) is 2.38. The van der Waals surface area contributed by atoms with Gasteiger partial charge in [-0.1, -0.05) is 12.1 Å². The maximum atomic E-state index is 13.3. The maximum Gasteiger partial charge on any atom is 0.337 e. The number of fused-ring (bicyclic) bond motifs is 1. The van der Waals surface area contributed by atoms with Crippen LogP contribution in [0.4, 0.5) is 15.9 Å². The van der Waals surface area contributed by atoms with Gasteiger partial charge in [0, 0.05) is 11.3 Å². The van der Waals surface area contributed by atoms with E-state index in [0.29, 0.717) is 22.6 Å². The Balaban J connectivity index is 1.58. The molecule has 0 radical (unpaired) electrons. The van der Waals surface area contributed by atoms with Crippen LogP contribution in [0.1, 0.15) is 38.9 Å². The fourth-order valence-electron chi connectivity index (χ4n) is 3.90. The molecule has 0 saturated heterocycles. The third-order valence-electron chi connectivity index (χ3n) is 5.50. The van der Waals surface area contributed by atoms with Crippen LogP contribution in [-0.4, -0.2) is 47.8 Å². The molecular weight excluding hydrogens is 459 g/mol. The minimum absolute atomic E-state index is 0.0400. The minimum atomic E-state index is -0.929. The number of carbonyl (C=O) groups excluding carboxylic acids is 4. The van der Waals surface area contributed by atoms with E-state index in [2.05, 4.69) is 15.7 Å². The van der Waals surface area contributed by atoms with E-state index in [1.807, 2.05) is 0 Å². The molecule has 1 aliphatic rings. The lowest BCUT2D eigenvalue weighted by Gasteiger charge is -2.12. The largest absolute Gasteiger partial charge is 0.465 e. The number of halogens is 1. The van der Waals surface area contributed by atoms with Crippen LogP contribution in [0.25, 0.3) is 11.1 Å². The second kappa shape index (κ2) is 9.37. The van der Waals surface area contributed by atoms with Crippen LogP contribution < -0.4 is 10.6 Å². The lowest BCUT2D eigenvalue weighted by atomic mass is 10.1. The van der Waals surface area contributed by atoms with Gasteiger partial charge < -0.3 is 20.1 Å². The van der Waals surface area contributed by atoms with Crippen LogP contribution in [0.3, 0.4) is 0 Å². The molecule has 0 fully saturated rings. The van der Waals surface area contributed by atoms with Gasteiger partial charge in [-0.15, -0.1) is 0 Å². The summed E-state index contributed by atoms with van der Waals surface area (Å²) < 4.78 is 24.2. The first-order chi connectivity index (χ1) is 16.7. The highest BCUT2D eigenvalue weighted by Crippen LogP contribution is 2.38. The van der Waals surface area contributed by atoms with Gasteiger partial charge in [0.25, 0.3) is 5.91 Å². The number of ether oxygens (including phenoxy) is 2. The lowest BCUT2D eigenvalue weighted by molar-refractivity contribution is -0.123. The van der Waals surface area contributed by atoms with Crippen LogP contribution in [0.5, 0.6) is 0 Å². The summed E-state index contributed by atoms with van der Waals surface area (Å²) in [4.78, 5) is 49.4. The van der Waals surface area contributed by atoms with Crippen molar-refractivity contribution in [3.05, 3.63) is 65.1 Å². The van der Waals surface area contributed by atoms with E-state index in [4.69, 9.17) is 9.47 Å². The van der Waals surface area contributed by atoms with Gasteiger partial charge in [0.2, 0.25) is 5.91 Å². The summed E-state index contributed by atoms with van der Waals surface area (Å²) in [5.41, 5.74) is 2.14. The molecule has 35 heavy (non-hydrogen) atoms. The second-order valence-corrected chi connectivity index (χ2v) is 7.80. The summed E-state index contributed by atoms with van der Waals surface area (Å²) in [6.07, 6.45) is -0.265. The Labute approximate surface area is 199 Å². The van der Waals surface area contributed by atoms with Gasteiger partial charge in [0.05, 0.1) is 37.5 Å². The van der Waals surface area contributed by atoms with Gasteiger partial charge in [-0.25, -0.2) is 18.7 Å². The number of carbonyl (C=O) groups is 4.